The highest BCUT2D eigenvalue weighted by molar-refractivity contribution is 7.87. The van der Waals surface area contributed by atoms with Crippen LogP contribution < -0.4 is 9.46 Å². The average Bonchev–Trinajstić information content (AvgIpc) is 3.26. The lowest BCUT2D eigenvalue weighted by atomic mass is 9.81. The molecule has 1 fully saturated rings. The third-order valence-electron chi connectivity index (χ3n) is 9.08. The smallest absolute Gasteiger partial charge is 0.303 e. The van der Waals surface area contributed by atoms with Crippen molar-refractivity contribution in [1.29, 1.82) is 0 Å². The fourth-order valence-corrected chi connectivity index (χ4v) is 7.57. The number of likely N-dealkylation sites (N-methyl/N-ethyl adjacent to an activating group) is 2. The Morgan fingerprint density at radius 2 is 1.78 bits per heavy atom. The molecule has 1 saturated carbocycles. The number of carbonyl (C=O) groups excluding carboxylic acids is 1. The lowest BCUT2D eigenvalue weighted by molar-refractivity contribution is -0.0288. The minimum atomic E-state index is -4.01. The van der Waals surface area contributed by atoms with Crippen LogP contribution in [0.3, 0.4) is 0 Å². The summed E-state index contributed by atoms with van der Waals surface area (Å²) in [5.74, 6) is 0.420. The van der Waals surface area contributed by atoms with Gasteiger partial charge in [0, 0.05) is 42.2 Å². The van der Waals surface area contributed by atoms with Gasteiger partial charge in [-0.3, -0.25) is 4.79 Å². The molecule has 4 bridgehead atoms. The Kier molecular flexibility index (Phi) is 7.61. The predicted octanol–water partition coefficient (Wildman–Crippen LogP) is 4.11. The molecule has 1 atom stereocenters. The highest BCUT2D eigenvalue weighted by Gasteiger charge is 2.36. The van der Waals surface area contributed by atoms with E-state index < -0.39 is 21.7 Å². The Morgan fingerprint density at radius 1 is 1.00 bits per heavy atom. The summed E-state index contributed by atoms with van der Waals surface area (Å²) in [4.78, 5) is 15.4. The molecule has 3 aliphatic rings. The summed E-state index contributed by atoms with van der Waals surface area (Å²) in [6.07, 6.45) is 6.96. The lowest BCUT2D eigenvalue weighted by Gasteiger charge is -2.34. The fraction of sp³-hybridized carbons (Fsp3) is 0.516. The van der Waals surface area contributed by atoms with Gasteiger partial charge in [-0.25, -0.2) is 4.72 Å². The van der Waals surface area contributed by atoms with Gasteiger partial charge in [-0.05, 0) is 75.0 Å². The van der Waals surface area contributed by atoms with E-state index in [1.807, 2.05) is 36.2 Å². The van der Waals surface area contributed by atoms with Crippen LogP contribution in [0.5, 0.6) is 5.75 Å². The standard InChI is InChI=1S/C31H40N4O5S/c1-33-16-8-15-31(37)20-35-26-19-23(30(36)32-41(38,39)34(2)18-17-33)13-14-24(26)28(22-9-4-3-5-10-22)29(35)25-11-6-7-12-27(25)40-21-31/h6-7,11-14,19,22,37H,3-5,8-10,15-18,20-21H2,1-2H3,(H,32,36). The lowest BCUT2D eigenvalue weighted by Crippen LogP contribution is -2.45. The summed E-state index contributed by atoms with van der Waals surface area (Å²) >= 11 is 0. The van der Waals surface area contributed by atoms with Crippen molar-refractivity contribution in [2.45, 2.75) is 63.0 Å². The number of ether oxygens (including phenoxy) is 1. The van der Waals surface area contributed by atoms with Crippen LogP contribution >= 0.6 is 0 Å². The van der Waals surface area contributed by atoms with Crippen molar-refractivity contribution in [3.05, 3.63) is 53.6 Å². The van der Waals surface area contributed by atoms with E-state index in [1.165, 1.54) is 23.3 Å². The Hall–Kier alpha value is -2.92. The summed E-state index contributed by atoms with van der Waals surface area (Å²) in [6, 6.07) is 13.5. The molecule has 10 heteroatoms. The molecule has 1 amide bonds. The summed E-state index contributed by atoms with van der Waals surface area (Å²) in [7, 11) is -0.596. The summed E-state index contributed by atoms with van der Waals surface area (Å²) in [5, 5.41) is 13.1. The third kappa shape index (κ3) is 5.50. The first-order valence-electron chi connectivity index (χ1n) is 14.7. The number of carbonyl (C=O) groups is 1. The average molecular weight is 581 g/mol. The quantitative estimate of drug-likeness (QED) is 0.449. The number of nitrogens with one attached hydrogen (secondary N) is 1. The summed E-state index contributed by atoms with van der Waals surface area (Å²) in [6.45, 7) is 1.90. The van der Waals surface area contributed by atoms with Crippen LogP contribution in [-0.4, -0.2) is 79.1 Å². The summed E-state index contributed by atoms with van der Waals surface area (Å²) < 4.78 is 37.9. The van der Waals surface area contributed by atoms with Crippen molar-refractivity contribution in [3.63, 3.8) is 0 Å². The maximum absolute atomic E-state index is 13.3. The van der Waals surface area contributed by atoms with Gasteiger partial charge in [0.1, 0.15) is 18.0 Å². The van der Waals surface area contributed by atoms with E-state index in [4.69, 9.17) is 4.74 Å². The van der Waals surface area contributed by atoms with Crippen LogP contribution in [0.1, 0.15) is 66.8 Å². The second kappa shape index (κ2) is 11.1. The van der Waals surface area contributed by atoms with Gasteiger partial charge < -0.3 is 19.3 Å². The Morgan fingerprint density at radius 3 is 2.59 bits per heavy atom. The first-order chi connectivity index (χ1) is 19.7. The van der Waals surface area contributed by atoms with Crippen molar-refractivity contribution in [1.82, 2.24) is 18.5 Å². The van der Waals surface area contributed by atoms with Crippen LogP contribution in [0, 0.1) is 0 Å². The number of benzene rings is 2. The van der Waals surface area contributed by atoms with Crippen molar-refractivity contribution in [2.75, 3.05) is 40.3 Å². The third-order valence-corrected chi connectivity index (χ3v) is 10.5. The normalized spacial score (nSPS) is 24.9. The van der Waals surface area contributed by atoms with Gasteiger partial charge in [0.25, 0.3) is 5.91 Å². The molecule has 3 heterocycles. The van der Waals surface area contributed by atoms with Gasteiger partial charge >= 0.3 is 10.2 Å². The number of rotatable bonds is 1. The second-order valence-electron chi connectivity index (χ2n) is 12.1. The van der Waals surface area contributed by atoms with Crippen molar-refractivity contribution < 1.29 is 23.1 Å². The highest BCUT2D eigenvalue weighted by Crippen LogP contribution is 2.47. The zero-order valence-corrected chi connectivity index (χ0v) is 24.8. The maximum atomic E-state index is 13.3. The minimum absolute atomic E-state index is 0.159. The van der Waals surface area contributed by atoms with Gasteiger partial charge in [-0.1, -0.05) is 37.5 Å². The molecule has 6 rings (SSSR count). The van der Waals surface area contributed by atoms with E-state index in [1.54, 1.807) is 12.1 Å². The zero-order chi connectivity index (χ0) is 28.8. The molecule has 2 aromatic carbocycles. The van der Waals surface area contributed by atoms with E-state index in [0.717, 1.165) is 60.0 Å². The topological polar surface area (TPSA) is 104 Å². The molecule has 9 nitrogen and oxygen atoms in total. The molecule has 0 spiro atoms. The van der Waals surface area contributed by atoms with E-state index in [-0.39, 0.29) is 18.7 Å². The SMILES string of the molecule is CN1CCCC2(O)COc3ccccc3-c3c(C4CCCCC4)c4ccc(cc4n3C2)C(=O)NS(=O)(=O)N(C)CC1. The van der Waals surface area contributed by atoms with Crippen molar-refractivity contribution >= 4 is 27.0 Å². The molecular formula is C31H40N4O5S. The van der Waals surface area contributed by atoms with Gasteiger partial charge in [-0.15, -0.1) is 0 Å². The molecule has 2 aliphatic heterocycles. The van der Waals surface area contributed by atoms with E-state index in [0.29, 0.717) is 32.0 Å². The van der Waals surface area contributed by atoms with E-state index >= 15 is 0 Å². The molecule has 0 radical (unpaired) electrons. The molecule has 3 aromatic rings. The van der Waals surface area contributed by atoms with Crippen LogP contribution in [0.2, 0.25) is 0 Å². The molecule has 41 heavy (non-hydrogen) atoms. The van der Waals surface area contributed by atoms with Crippen molar-refractivity contribution in [2.24, 2.45) is 0 Å². The first kappa shape index (κ1) is 28.2. The molecule has 1 aliphatic carbocycles. The number of aliphatic hydroxyl groups is 1. The van der Waals surface area contributed by atoms with Gasteiger partial charge in [0.2, 0.25) is 0 Å². The number of amides is 1. The highest BCUT2D eigenvalue weighted by atomic mass is 32.2. The van der Waals surface area contributed by atoms with Crippen molar-refractivity contribution in [3.8, 4) is 17.0 Å². The molecule has 0 saturated heterocycles. The number of hydrogen-bond donors (Lipinski definition) is 2. The largest absolute Gasteiger partial charge is 0.490 e. The predicted molar refractivity (Wildman–Crippen MR) is 159 cm³/mol. The fourth-order valence-electron chi connectivity index (χ4n) is 6.74. The van der Waals surface area contributed by atoms with E-state index in [9.17, 15) is 18.3 Å². The summed E-state index contributed by atoms with van der Waals surface area (Å²) in [5.41, 5.74) is 3.22. The number of fused-ring (bicyclic) bond motifs is 4. The number of nitrogens with zero attached hydrogens (tertiary/aromatic N) is 3. The minimum Gasteiger partial charge on any atom is -0.490 e. The second-order valence-corrected chi connectivity index (χ2v) is 13.9. The van der Waals surface area contributed by atoms with Gasteiger partial charge in [0.15, 0.2) is 0 Å². The van der Waals surface area contributed by atoms with Gasteiger partial charge in [0.05, 0.1) is 12.2 Å². The molecule has 1 aromatic heterocycles. The monoisotopic (exact) mass is 580 g/mol. The molecule has 220 valence electrons. The Bertz CT molecular complexity index is 1560. The Balaban J connectivity index is 1.58. The Labute approximate surface area is 242 Å². The number of hydrogen-bond acceptors (Lipinski definition) is 6. The molecular weight excluding hydrogens is 540 g/mol. The first-order valence-corrected chi connectivity index (χ1v) is 16.2. The maximum Gasteiger partial charge on any atom is 0.303 e. The molecule has 1 unspecified atom stereocenters. The van der Waals surface area contributed by atoms with Crippen LogP contribution in [0.4, 0.5) is 0 Å². The number of aromatic nitrogens is 1. The number of para-hydroxylation sites is 1. The van der Waals surface area contributed by atoms with Gasteiger partial charge in [-0.2, -0.15) is 12.7 Å². The van der Waals surface area contributed by atoms with Crippen LogP contribution in [0.25, 0.3) is 22.2 Å². The van der Waals surface area contributed by atoms with Crippen LogP contribution in [-0.2, 0) is 16.8 Å². The van der Waals surface area contributed by atoms with E-state index in [2.05, 4.69) is 15.4 Å². The zero-order valence-electron chi connectivity index (χ0n) is 23.9. The molecule has 2 N–H and O–H groups in total. The van der Waals surface area contributed by atoms with Crippen LogP contribution in [0.15, 0.2) is 42.5 Å².